The van der Waals surface area contributed by atoms with Crippen LogP contribution in [0.3, 0.4) is 0 Å². The molecule has 0 aliphatic carbocycles. The number of nitrogen functional groups attached to an aromatic ring is 1. The summed E-state index contributed by atoms with van der Waals surface area (Å²) in [7, 11) is 0. The van der Waals surface area contributed by atoms with Gasteiger partial charge in [0.1, 0.15) is 0 Å². The summed E-state index contributed by atoms with van der Waals surface area (Å²) in [5, 5.41) is 6.76. The Morgan fingerprint density at radius 1 is 1.38 bits per heavy atom. The molecule has 5 heteroatoms. The second-order valence-electron chi connectivity index (χ2n) is 5.17. The van der Waals surface area contributed by atoms with Gasteiger partial charge in [-0.1, -0.05) is 31.1 Å². The van der Waals surface area contributed by atoms with Crippen molar-refractivity contribution in [1.82, 2.24) is 10.5 Å². The highest BCUT2D eigenvalue weighted by Crippen LogP contribution is 2.18. The monoisotopic (exact) mass is 287 g/mol. The molecular formula is C16H21N3O2. The van der Waals surface area contributed by atoms with Crippen LogP contribution in [0.5, 0.6) is 0 Å². The smallest absolute Gasteiger partial charge is 0.289 e. The Morgan fingerprint density at radius 2 is 2.10 bits per heavy atom. The molecule has 0 bridgehead atoms. The molecule has 0 radical (unpaired) electrons. The summed E-state index contributed by atoms with van der Waals surface area (Å²) in [6.07, 6.45) is 1.71. The molecule has 1 aromatic heterocycles. The first-order valence-corrected chi connectivity index (χ1v) is 7.19. The molecule has 5 nitrogen and oxygen atoms in total. The number of hydrogen-bond acceptors (Lipinski definition) is 4. The molecule has 0 aliphatic rings. The summed E-state index contributed by atoms with van der Waals surface area (Å²) in [5.41, 5.74) is 8.31. The number of nitrogens with zero attached hydrogens (tertiary/aromatic N) is 1. The van der Waals surface area contributed by atoms with Crippen LogP contribution >= 0.6 is 0 Å². The Balaban J connectivity index is 1.84. The fraction of sp³-hybridized carbons (Fsp3) is 0.375. The molecule has 1 heterocycles. The molecule has 0 saturated heterocycles. The lowest BCUT2D eigenvalue weighted by Crippen LogP contribution is -2.25. The third-order valence-corrected chi connectivity index (χ3v) is 3.55. The molecule has 2 rings (SSSR count). The molecule has 1 atom stereocenters. The third-order valence-electron chi connectivity index (χ3n) is 3.55. The van der Waals surface area contributed by atoms with E-state index in [1.807, 2.05) is 24.3 Å². The van der Waals surface area contributed by atoms with Gasteiger partial charge in [0.15, 0.2) is 0 Å². The molecule has 0 spiro atoms. The fourth-order valence-corrected chi connectivity index (χ4v) is 1.93. The van der Waals surface area contributed by atoms with Crippen LogP contribution in [0, 0.1) is 0 Å². The molecule has 0 fully saturated rings. The third kappa shape index (κ3) is 4.08. The van der Waals surface area contributed by atoms with Crippen molar-refractivity contribution in [3.05, 3.63) is 47.3 Å². The minimum Gasteiger partial charge on any atom is -0.399 e. The van der Waals surface area contributed by atoms with Gasteiger partial charge in [-0.15, -0.1) is 0 Å². The number of hydrogen-bond donors (Lipinski definition) is 2. The highest BCUT2D eigenvalue weighted by Gasteiger charge is 2.15. The maximum Gasteiger partial charge on any atom is 0.289 e. The maximum absolute atomic E-state index is 11.9. The Bertz CT molecular complexity index is 590. The molecule has 1 unspecified atom stereocenters. The summed E-state index contributed by atoms with van der Waals surface area (Å²) < 4.78 is 5.09. The van der Waals surface area contributed by atoms with Gasteiger partial charge in [-0.2, -0.15) is 0 Å². The van der Waals surface area contributed by atoms with Gasteiger partial charge in [0.05, 0.1) is 5.69 Å². The number of carbonyl (C=O) groups excluding carboxylic acids is 1. The largest absolute Gasteiger partial charge is 0.399 e. The lowest BCUT2D eigenvalue weighted by atomic mass is 10.1. The molecule has 2 aromatic rings. The summed E-state index contributed by atoms with van der Waals surface area (Å²) in [6, 6.07) is 9.33. The fourth-order valence-electron chi connectivity index (χ4n) is 1.93. The van der Waals surface area contributed by atoms with Crippen molar-refractivity contribution >= 4 is 11.6 Å². The number of carbonyl (C=O) groups is 1. The zero-order chi connectivity index (χ0) is 15.2. The van der Waals surface area contributed by atoms with Crippen LogP contribution in [0.2, 0.25) is 0 Å². The van der Waals surface area contributed by atoms with Gasteiger partial charge < -0.3 is 15.6 Å². The molecule has 1 aromatic carbocycles. The van der Waals surface area contributed by atoms with Gasteiger partial charge in [0.2, 0.25) is 5.76 Å². The van der Waals surface area contributed by atoms with Gasteiger partial charge in [0.25, 0.3) is 5.91 Å². The molecular weight excluding hydrogens is 266 g/mol. The number of benzene rings is 1. The zero-order valence-corrected chi connectivity index (χ0v) is 12.4. The number of amides is 1. The SMILES string of the molecule is CCC(C)c1cc(C(=O)NCCc2ccc(N)cc2)on1. The van der Waals surface area contributed by atoms with E-state index in [1.165, 1.54) is 0 Å². The second kappa shape index (κ2) is 6.92. The van der Waals surface area contributed by atoms with E-state index in [0.717, 1.165) is 29.8 Å². The van der Waals surface area contributed by atoms with Gasteiger partial charge in [0, 0.05) is 24.2 Å². The van der Waals surface area contributed by atoms with Crippen LogP contribution < -0.4 is 11.1 Å². The molecule has 0 saturated carbocycles. The molecule has 21 heavy (non-hydrogen) atoms. The topological polar surface area (TPSA) is 81.2 Å². The standard InChI is InChI=1S/C16H21N3O2/c1-3-11(2)14-10-15(21-19-14)16(20)18-9-8-12-4-6-13(17)7-5-12/h4-7,10-11H,3,8-9,17H2,1-2H3,(H,18,20). The second-order valence-corrected chi connectivity index (χ2v) is 5.17. The highest BCUT2D eigenvalue weighted by molar-refractivity contribution is 5.91. The summed E-state index contributed by atoms with van der Waals surface area (Å²) in [6.45, 7) is 4.68. The predicted octanol–water partition coefficient (Wildman–Crippen LogP) is 2.74. The Hall–Kier alpha value is -2.30. The van der Waals surface area contributed by atoms with Crippen LogP contribution in [0.1, 0.15) is 48.0 Å². The van der Waals surface area contributed by atoms with Crippen LogP contribution in [0.15, 0.2) is 34.9 Å². The lowest BCUT2D eigenvalue weighted by Gasteiger charge is -2.03. The van der Waals surface area contributed by atoms with Gasteiger partial charge in [-0.3, -0.25) is 4.79 Å². The van der Waals surface area contributed by atoms with Crippen molar-refractivity contribution in [1.29, 1.82) is 0 Å². The summed E-state index contributed by atoms with van der Waals surface area (Å²) in [4.78, 5) is 11.9. The van der Waals surface area contributed by atoms with E-state index in [1.54, 1.807) is 6.07 Å². The average molecular weight is 287 g/mol. The van der Waals surface area contributed by atoms with E-state index in [2.05, 4.69) is 24.3 Å². The first-order valence-electron chi connectivity index (χ1n) is 7.19. The number of rotatable bonds is 6. The van der Waals surface area contributed by atoms with Gasteiger partial charge in [-0.25, -0.2) is 0 Å². The molecule has 112 valence electrons. The molecule has 1 amide bonds. The van der Waals surface area contributed by atoms with E-state index in [-0.39, 0.29) is 11.7 Å². The number of anilines is 1. The first-order chi connectivity index (χ1) is 10.1. The normalized spacial score (nSPS) is 12.1. The minimum absolute atomic E-state index is 0.229. The van der Waals surface area contributed by atoms with E-state index >= 15 is 0 Å². The van der Waals surface area contributed by atoms with Crippen molar-refractivity contribution in [2.24, 2.45) is 0 Å². The van der Waals surface area contributed by atoms with Crippen LogP contribution in [0.25, 0.3) is 0 Å². The van der Waals surface area contributed by atoms with Crippen molar-refractivity contribution in [2.45, 2.75) is 32.6 Å². The van der Waals surface area contributed by atoms with Crippen molar-refractivity contribution in [3.8, 4) is 0 Å². The van der Waals surface area contributed by atoms with Gasteiger partial charge >= 0.3 is 0 Å². The molecule has 0 aliphatic heterocycles. The van der Waals surface area contributed by atoms with E-state index in [4.69, 9.17) is 10.3 Å². The Kier molecular flexibility index (Phi) is 4.98. The Labute approximate surface area is 124 Å². The van der Waals surface area contributed by atoms with Crippen molar-refractivity contribution in [3.63, 3.8) is 0 Å². The Morgan fingerprint density at radius 3 is 2.76 bits per heavy atom. The number of aromatic nitrogens is 1. The number of nitrogens with one attached hydrogen (secondary N) is 1. The minimum atomic E-state index is -0.229. The van der Waals surface area contributed by atoms with E-state index < -0.39 is 0 Å². The quantitative estimate of drug-likeness (QED) is 0.800. The first kappa shape index (κ1) is 15.1. The van der Waals surface area contributed by atoms with Crippen molar-refractivity contribution in [2.75, 3.05) is 12.3 Å². The molecule has 3 N–H and O–H groups in total. The predicted molar refractivity (Wildman–Crippen MR) is 82.1 cm³/mol. The zero-order valence-electron chi connectivity index (χ0n) is 12.4. The lowest BCUT2D eigenvalue weighted by molar-refractivity contribution is 0.0917. The van der Waals surface area contributed by atoms with Crippen LogP contribution in [-0.2, 0) is 6.42 Å². The van der Waals surface area contributed by atoms with Crippen molar-refractivity contribution < 1.29 is 9.32 Å². The summed E-state index contributed by atoms with van der Waals surface area (Å²) >= 11 is 0. The van der Waals surface area contributed by atoms with Gasteiger partial charge in [-0.05, 0) is 30.5 Å². The van der Waals surface area contributed by atoms with E-state index in [0.29, 0.717) is 12.5 Å². The highest BCUT2D eigenvalue weighted by atomic mass is 16.5. The van der Waals surface area contributed by atoms with Crippen LogP contribution in [0.4, 0.5) is 5.69 Å². The van der Waals surface area contributed by atoms with Crippen LogP contribution in [-0.4, -0.2) is 17.6 Å². The maximum atomic E-state index is 11.9. The average Bonchev–Trinajstić information content (AvgIpc) is 2.98. The van der Waals surface area contributed by atoms with E-state index in [9.17, 15) is 4.79 Å². The number of nitrogens with two attached hydrogens (primary N) is 1. The summed E-state index contributed by atoms with van der Waals surface area (Å²) in [5.74, 6) is 0.334.